The molecule has 0 fully saturated rings. The quantitative estimate of drug-likeness (QED) is 0.244. The zero-order valence-corrected chi connectivity index (χ0v) is 20.5. The number of anilines is 1. The third-order valence-corrected chi connectivity index (χ3v) is 6.45. The van der Waals surface area contributed by atoms with Gasteiger partial charge in [-0.05, 0) is 45.3 Å². The van der Waals surface area contributed by atoms with Gasteiger partial charge in [-0.25, -0.2) is 4.98 Å². The molecule has 170 valence electrons. The molecule has 0 aliphatic heterocycles. The fourth-order valence-corrected chi connectivity index (χ4v) is 4.48. The average molecular weight is 535 g/mol. The molecule has 0 atom stereocenters. The Hall–Kier alpha value is -3.42. The molecule has 0 aliphatic rings. The van der Waals surface area contributed by atoms with Crippen LogP contribution in [0.25, 0.3) is 27.7 Å². The number of halogens is 2. The average Bonchev–Trinajstić information content (AvgIpc) is 3.24. The summed E-state index contributed by atoms with van der Waals surface area (Å²) in [5, 5.41) is 13.5. The van der Waals surface area contributed by atoms with Crippen LogP contribution in [0.15, 0.2) is 83.5 Å². The van der Waals surface area contributed by atoms with Gasteiger partial charge in [-0.15, -0.1) is 0 Å². The van der Waals surface area contributed by atoms with Crippen LogP contribution in [0.3, 0.4) is 0 Å². The van der Waals surface area contributed by atoms with Crippen molar-refractivity contribution in [2.24, 2.45) is 0 Å². The first-order chi connectivity index (χ1) is 16.6. The van der Waals surface area contributed by atoms with Crippen LogP contribution >= 0.6 is 27.5 Å². The lowest BCUT2D eigenvalue weighted by molar-refractivity contribution is 0.0955. The second kappa shape index (κ2) is 9.83. The third kappa shape index (κ3) is 4.49. The van der Waals surface area contributed by atoms with Gasteiger partial charge in [-0.3, -0.25) is 4.79 Å². The lowest BCUT2D eigenvalue weighted by Crippen LogP contribution is -2.26. The van der Waals surface area contributed by atoms with Crippen molar-refractivity contribution in [2.45, 2.75) is 6.42 Å². The number of amides is 1. The van der Waals surface area contributed by atoms with Gasteiger partial charge in [0.2, 0.25) is 0 Å². The van der Waals surface area contributed by atoms with Crippen molar-refractivity contribution < 1.29 is 4.79 Å². The molecule has 1 amide bonds. The number of carbonyl (C=O) groups excluding carboxylic acids is 1. The van der Waals surface area contributed by atoms with Crippen LogP contribution in [-0.2, 0) is 0 Å². The number of carbonyl (C=O) groups is 1. The maximum atomic E-state index is 12.7. The van der Waals surface area contributed by atoms with Crippen LogP contribution in [0.2, 0.25) is 5.02 Å². The number of aromatic nitrogens is 3. The van der Waals surface area contributed by atoms with E-state index in [1.807, 2.05) is 72.8 Å². The van der Waals surface area contributed by atoms with E-state index in [9.17, 15) is 4.79 Å². The standard InChI is InChI=1S/C26H21BrClN5O/c27-21-16-31-33-24(15-23(32-25(21)33)20-10-3-4-12-22(20)28)29-13-6-14-30-26(34)19-11-5-8-17-7-1-2-9-18(17)19/h1-5,7-12,15-16,29H,6,13-14H2,(H,30,34). The number of rotatable bonds is 7. The van der Waals surface area contributed by atoms with Gasteiger partial charge in [0, 0.05) is 35.3 Å². The van der Waals surface area contributed by atoms with E-state index in [4.69, 9.17) is 16.6 Å². The molecular weight excluding hydrogens is 514 g/mol. The summed E-state index contributed by atoms with van der Waals surface area (Å²) in [4.78, 5) is 17.5. The van der Waals surface area contributed by atoms with Gasteiger partial charge in [0.15, 0.2) is 5.65 Å². The SMILES string of the molecule is O=C(NCCCNc1cc(-c2ccccc2Cl)nc2c(Br)cnn12)c1cccc2ccccc12. The Morgan fingerprint density at radius 1 is 1.00 bits per heavy atom. The lowest BCUT2D eigenvalue weighted by atomic mass is 10.0. The fourth-order valence-electron chi connectivity index (χ4n) is 3.89. The predicted molar refractivity (Wildman–Crippen MR) is 141 cm³/mol. The van der Waals surface area contributed by atoms with Crippen molar-refractivity contribution in [3.05, 3.63) is 94.1 Å². The molecule has 2 N–H and O–H groups in total. The summed E-state index contributed by atoms with van der Waals surface area (Å²) in [6.45, 7) is 1.19. The molecular formula is C26H21BrClN5O. The first-order valence-electron chi connectivity index (χ1n) is 10.9. The summed E-state index contributed by atoms with van der Waals surface area (Å²) in [6.07, 6.45) is 2.46. The number of hydrogen-bond acceptors (Lipinski definition) is 4. The second-order valence-electron chi connectivity index (χ2n) is 7.80. The van der Waals surface area contributed by atoms with Crippen LogP contribution in [0.5, 0.6) is 0 Å². The minimum absolute atomic E-state index is 0.0693. The monoisotopic (exact) mass is 533 g/mol. The van der Waals surface area contributed by atoms with Gasteiger partial charge in [-0.1, -0.05) is 66.2 Å². The van der Waals surface area contributed by atoms with E-state index in [1.54, 1.807) is 10.7 Å². The third-order valence-electron chi connectivity index (χ3n) is 5.56. The Bertz CT molecular complexity index is 1490. The molecule has 2 aromatic heterocycles. The number of hydrogen-bond donors (Lipinski definition) is 2. The van der Waals surface area contributed by atoms with Gasteiger partial charge in [0.05, 0.1) is 16.4 Å². The van der Waals surface area contributed by atoms with Gasteiger partial charge in [0.1, 0.15) is 5.82 Å². The maximum Gasteiger partial charge on any atom is 0.251 e. The van der Waals surface area contributed by atoms with Crippen LogP contribution in [0, 0.1) is 0 Å². The van der Waals surface area contributed by atoms with E-state index in [0.717, 1.165) is 38.7 Å². The Morgan fingerprint density at radius 3 is 2.68 bits per heavy atom. The normalized spacial score (nSPS) is 11.1. The van der Waals surface area contributed by atoms with Crippen molar-refractivity contribution in [3.63, 3.8) is 0 Å². The van der Waals surface area contributed by atoms with Gasteiger partial charge in [-0.2, -0.15) is 9.61 Å². The minimum atomic E-state index is -0.0693. The first-order valence-corrected chi connectivity index (χ1v) is 12.1. The summed E-state index contributed by atoms with van der Waals surface area (Å²) < 4.78 is 2.55. The van der Waals surface area contributed by atoms with Crippen molar-refractivity contribution in [3.8, 4) is 11.3 Å². The summed E-state index contributed by atoms with van der Waals surface area (Å²) in [7, 11) is 0. The van der Waals surface area contributed by atoms with Gasteiger partial charge >= 0.3 is 0 Å². The van der Waals surface area contributed by atoms with Crippen molar-refractivity contribution >= 4 is 55.7 Å². The summed E-state index contributed by atoms with van der Waals surface area (Å²) >= 11 is 9.92. The van der Waals surface area contributed by atoms with Crippen molar-refractivity contribution in [1.29, 1.82) is 0 Å². The van der Waals surface area contributed by atoms with Crippen LogP contribution in [0.1, 0.15) is 16.8 Å². The zero-order chi connectivity index (χ0) is 23.5. The smallest absolute Gasteiger partial charge is 0.251 e. The molecule has 0 unspecified atom stereocenters. The molecule has 5 aromatic rings. The van der Waals surface area contributed by atoms with Crippen molar-refractivity contribution in [2.75, 3.05) is 18.4 Å². The number of benzene rings is 3. The summed E-state index contributed by atoms with van der Waals surface area (Å²) in [5.41, 5.74) is 2.99. The molecule has 0 aliphatic carbocycles. The lowest BCUT2D eigenvalue weighted by Gasteiger charge is -2.12. The molecule has 3 aromatic carbocycles. The maximum absolute atomic E-state index is 12.7. The number of nitrogens with zero attached hydrogens (tertiary/aromatic N) is 3. The molecule has 6 nitrogen and oxygen atoms in total. The highest BCUT2D eigenvalue weighted by Crippen LogP contribution is 2.30. The summed E-state index contributed by atoms with van der Waals surface area (Å²) in [5.74, 6) is 0.728. The molecule has 5 rings (SSSR count). The predicted octanol–water partition coefficient (Wildman–Crippen LogP) is 6.20. The van der Waals surface area contributed by atoms with E-state index in [-0.39, 0.29) is 5.91 Å². The highest BCUT2D eigenvalue weighted by molar-refractivity contribution is 9.10. The molecule has 8 heteroatoms. The Kier molecular flexibility index (Phi) is 6.47. The highest BCUT2D eigenvalue weighted by atomic mass is 79.9. The molecule has 0 spiro atoms. The minimum Gasteiger partial charge on any atom is -0.370 e. The molecule has 0 bridgehead atoms. The van der Waals surface area contributed by atoms with Crippen LogP contribution in [0.4, 0.5) is 5.82 Å². The van der Waals surface area contributed by atoms with Crippen LogP contribution < -0.4 is 10.6 Å². The Morgan fingerprint density at radius 2 is 1.79 bits per heavy atom. The molecule has 34 heavy (non-hydrogen) atoms. The highest BCUT2D eigenvalue weighted by Gasteiger charge is 2.13. The Labute approximate surface area is 210 Å². The van der Waals surface area contributed by atoms with E-state index < -0.39 is 0 Å². The summed E-state index contributed by atoms with van der Waals surface area (Å²) in [6, 6.07) is 23.2. The molecule has 0 saturated heterocycles. The number of nitrogens with one attached hydrogen (secondary N) is 2. The van der Waals surface area contributed by atoms with Gasteiger partial charge in [0.25, 0.3) is 5.91 Å². The van der Waals surface area contributed by atoms with E-state index in [2.05, 4.69) is 31.7 Å². The number of fused-ring (bicyclic) bond motifs is 2. The zero-order valence-electron chi connectivity index (χ0n) is 18.1. The largest absolute Gasteiger partial charge is 0.370 e. The molecule has 2 heterocycles. The van der Waals surface area contributed by atoms with E-state index >= 15 is 0 Å². The van der Waals surface area contributed by atoms with E-state index in [1.165, 1.54) is 0 Å². The topological polar surface area (TPSA) is 71.3 Å². The molecule has 0 radical (unpaired) electrons. The Balaban J connectivity index is 1.26. The van der Waals surface area contributed by atoms with Gasteiger partial charge < -0.3 is 10.6 Å². The van der Waals surface area contributed by atoms with Crippen molar-refractivity contribution in [1.82, 2.24) is 19.9 Å². The first kappa shape index (κ1) is 22.4. The second-order valence-corrected chi connectivity index (χ2v) is 9.06. The van der Waals surface area contributed by atoms with E-state index in [0.29, 0.717) is 29.3 Å². The fraction of sp³-hybridized carbons (Fsp3) is 0.115. The molecule has 0 saturated carbocycles. The van der Waals surface area contributed by atoms with Crippen LogP contribution in [-0.4, -0.2) is 33.6 Å².